The molecule has 0 saturated heterocycles. The quantitative estimate of drug-likeness (QED) is 0.785. The van der Waals surface area contributed by atoms with Gasteiger partial charge in [0.2, 0.25) is 0 Å². The van der Waals surface area contributed by atoms with E-state index in [4.69, 9.17) is 0 Å². The smallest absolute Gasteiger partial charge is 0.274 e. The third kappa shape index (κ3) is 2.28. The van der Waals surface area contributed by atoms with Crippen LogP contribution in [0.2, 0.25) is 0 Å². The predicted octanol–water partition coefficient (Wildman–Crippen LogP) is 2.65. The second-order valence-corrected chi connectivity index (χ2v) is 6.62. The first-order chi connectivity index (χ1) is 11.2. The van der Waals surface area contributed by atoms with Crippen LogP contribution in [-0.4, -0.2) is 37.1 Å². The topological polar surface area (TPSA) is 70.7 Å². The number of carbonyl (C=O) groups excluding carboxylic acids is 1. The number of carbonyl (C=O) groups is 1. The summed E-state index contributed by atoms with van der Waals surface area (Å²) in [6.07, 6.45) is 4.56. The van der Waals surface area contributed by atoms with Crippen LogP contribution >= 0.6 is 11.3 Å². The fourth-order valence-corrected chi connectivity index (χ4v) is 4.13. The Morgan fingerprint density at radius 1 is 1.52 bits per heavy atom. The summed E-state index contributed by atoms with van der Waals surface area (Å²) in [5.74, 6) is -0.0642. The first kappa shape index (κ1) is 14.2. The van der Waals surface area contributed by atoms with Gasteiger partial charge in [0.05, 0.1) is 18.4 Å². The molecule has 0 saturated carbocycles. The van der Waals surface area contributed by atoms with Crippen LogP contribution in [-0.2, 0) is 6.42 Å². The van der Waals surface area contributed by atoms with Crippen molar-refractivity contribution in [3.63, 3.8) is 0 Å². The summed E-state index contributed by atoms with van der Waals surface area (Å²) in [6, 6.07) is 3.89. The highest BCUT2D eigenvalue weighted by Crippen LogP contribution is 2.35. The summed E-state index contributed by atoms with van der Waals surface area (Å²) in [5, 5.41) is 15.8. The van der Waals surface area contributed by atoms with Crippen molar-refractivity contribution < 1.29 is 9.90 Å². The number of amides is 1. The Hall–Kier alpha value is -2.41. The zero-order valence-electron chi connectivity index (χ0n) is 12.6. The summed E-state index contributed by atoms with van der Waals surface area (Å²) in [4.78, 5) is 20.3. The molecule has 23 heavy (non-hydrogen) atoms. The zero-order valence-corrected chi connectivity index (χ0v) is 13.5. The van der Waals surface area contributed by atoms with Crippen molar-refractivity contribution >= 4 is 22.9 Å². The van der Waals surface area contributed by atoms with Gasteiger partial charge in [-0.1, -0.05) is 6.92 Å². The van der Waals surface area contributed by atoms with Gasteiger partial charge in [-0.15, -0.1) is 11.3 Å². The lowest BCUT2D eigenvalue weighted by Crippen LogP contribution is -2.39. The average Bonchev–Trinajstić information content (AvgIpc) is 3.18. The Morgan fingerprint density at radius 2 is 2.39 bits per heavy atom. The highest BCUT2D eigenvalue weighted by atomic mass is 32.1. The molecule has 0 spiro atoms. The number of rotatable bonds is 2. The molecule has 1 unspecified atom stereocenters. The van der Waals surface area contributed by atoms with Gasteiger partial charge in [0.25, 0.3) is 5.91 Å². The third-order valence-corrected chi connectivity index (χ3v) is 5.26. The van der Waals surface area contributed by atoms with Gasteiger partial charge in [-0.25, -0.2) is 9.50 Å². The van der Waals surface area contributed by atoms with E-state index >= 15 is 0 Å². The minimum Gasteiger partial charge on any atom is -0.505 e. The molecule has 1 atom stereocenters. The molecule has 6 nitrogen and oxygen atoms in total. The molecule has 1 aliphatic rings. The maximum absolute atomic E-state index is 12.9. The van der Waals surface area contributed by atoms with Gasteiger partial charge >= 0.3 is 0 Å². The van der Waals surface area contributed by atoms with E-state index in [9.17, 15) is 9.90 Å². The van der Waals surface area contributed by atoms with Gasteiger partial charge in [-0.05, 0) is 29.9 Å². The van der Waals surface area contributed by atoms with E-state index in [1.807, 2.05) is 4.90 Å². The second-order valence-electron chi connectivity index (χ2n) is 5.62. The fourth-order valence-electron chi connectivity index (χ4n) is 3.20. The number of thiophene rings is 1. The summed E-state index contributed by atoms with van der Waals surface area (Å²) in [7, 11) is 0. The van der Waals surface area contributed by atoms with Gasteiger partial charge in [0.15, 0.2) is 17.1 Å². The van der Waals surface area contributed by atoms with Crippen LogP contribution in [0.4, 0.5) is 0 Å². The van der Waals surface area contributed by atoms with Crippen molar-refractivity contribution in [3.05, 3.63) is 46.0 Å². The SMILES string of the molecule is CCC1c2ccsc2CCN1C(=O)c1cc2ncc(O)cn2n1. The zero-order chi connectivity index (χ0) is 16.0. The van der Waals surface area contributed by atoms with Crippen molar-refractivity contribution in [1.82, 2.24) is 19.5 Å². The van der Waals surface area contributed by atoms with Gasteiger partial charge < -0.3 is 10.0 Å². The van der Waals surface area contributed by atoms with Crippen LogP contribution in [0.15, 0.2) is 29.9 Å². The van der Waals surface area contributed by atoms with Crippen LogP contribution in [0.1, 0.15) is 40.3 Å². The number of hydrogen-bond acceptors (Lipinski definition) is 5. The van der Waals surface area contributed by atoms with Crippen molar-refractivity contribution in [2.75, 3.05) is 6.54 Å². The van der Waals surface area contributed by atoms with Gasteiger partial charge in [0.1, 0.15) is 0 Å². The summed E-state index contributed by atoms with van der Waals surface area (Å²) in [6.45, 7) is 2.80. The monoisotopic (exact) mass is 328 g/mol. The maximum atomic E-state index is 12.9. The highest BCUT2D eigenvalue weighted by molar-refractivity contribution is 7.10. The van der Waals surface area contributed by atoms with Crippen LogP contribution < -0.4 is 0 Å². The molecule has 1 N–H and O–H groups in total. The Morgan fingerprint density at radius 3 is 3.22 bits per heavy atom. The van der Waals surface area contributed by atoms with Gasteiger partial charge in [-0.3, -0.25) is 4.79 Å². The Balaban J connectivity index is 1.70. The number of fused-ring (bicyclic) bond motifs is 2. The summed E-state index contributed by atoms with van der Waals surface area (Å²) < 4.78 is 1.43. The molecule has 1 aliphatic heterocycles. The van der Waals surface area contributed by atoms with E-state index in [1.54, 1.807) is 17.4 Å². The molecule has 0 aromatic carbocycles. The van der Waals surface area contributed by atoms with E-state index in [2.05, 4.69) is 28.5 Å². The molecule has 4 heterocycles. The molecule has 7 heteroatoms. The molecule has 3 aromatic heterocycles. The number of hydrogen-bond donors (Lipinski definition) is 1. The molecule has 0 bridgehead atoms. The molecule has 0 radical (unpaired) electrons. The van der Waals surface area contributed by atoms with E-state index in [0.717, 1.165) is 12.8 Å². The molecule has 0 aliphatic carbocycles. The van der Waals surface area contributed by atoms with Crippen LogP contribution in [0.25, 0.3) is 5.65 Å². The molecule has 4 rings (SSSR count). The highest BCUT2D eigenvalue weighted by Gasteiger charge is 2.32. The molecule has 118 valence electrons. The predicted molar refractivity (Wildman–Crippen MR) is 86.7 cm³/mol. The second kappa shape index (κ2) is 5.34. The van der Waals surface area contributed by atoms with Crippen molar-refractivity contribution in [1.29, 1.82) is 0 Å². The van der Waals surface area contributed by atoms with Crippen LogP contribution in [0, 0.1) is 0 Å². The summed E-state index contributed by atoms with van der Waals surface area (Å²) in [5.41, 5.74) is 2.17. The minimum absolute atomic E-state index is 0.0203. The Kier molecular flexibility index (Phi) is 3.30. The molecular weight excluding hydrogens is 312 g/mol. The first-order valence-corrected chi connectivity index (χ1v) is 8.47. The van der Waals surface area contributed by atoms with Crippen molar-refractivity contribution in [3.8, 4) is 5.75 Å². The van der Waals surface area contributed by atoms with Gasteiger partial charge in [-0.2, -0.15) is 5.10 Å². The Labute approximate surface area is 137 Å². The molecule has 0 fully saturated rings. The number of aromatic nitrogens is 3. The largest absolute Gasteiger partial charge is 0.505 e. The Bertz CT molecular complexity index is 885. The fraction of sp³-hybridized carbons (Fsp3) is 0.312. The molecule has 1 amide bonds. The van der Waals surface area contributed by atoms with Crippen LogP contribution in [0.5, 0.6) is 5.75 Å². The lowest BCUT2D eigenvalue weighted by atomic mass is 9.97. The van der Waals surface area contributed by atoms with Crippen molar-refractivity contribution in [2.45, 2.75) is 25.8 Å². The average molecular weight is 328 g/mol. The molecule has 3 aromatic rings. The summed E-state index contributed by atoms with van der Waals surface area (Å²) >= 11 is 1.76. The van der Waals surface area contributed by atoms with E-state index < -0.39 is 0 Å². The molecular formula is C16H16N4O2S. The van der Waals surface area contributed by atoms with E-state index in [-0.39, 0.29) is 17.7 Å². The number of aromatic hydroxyl groups is 1. The third-order valence-electron chi connectivity index (χ3n) is 4.26. The normalized spacial score (nSPS) is 17.4. The lowest BCUT2D eigenvalue weighted by molar-refractivity contribution is 0.0651. The maximum Gasteiger partial charge on any atom is 0.274 e. The van der Waals surface area contributed by atoms with E-state index in [0.29, 0.717) is 17.9 Å². The van der Waals surface area contributed by atoms with E-state index in [1.165, 1.54) is 27.3 Å². The standard InChI is InChI=1S/C16H16N4O2S/c1-2-13-11-4-6-23-14(11)3-5-19(13)16(22)12-7-15-17-8-10(21)9-20(15)18-12/h4,6-9,13,21H,2-3,5H2,1H3. The number of nitrogens with zero attached hydrogens (tertiary/aromatic N) is 4. The first-order valence-electron chi connectivity index (χ1n) is 7.59. The minimum atomic E-state index is -0.0845. The van der Waals surface area contributed by atoms with Crippen molar-refractivity contribution in [2.24, 2.45) is 0 Å². The lowest BCUT2D eigenvalue weighted by Gasteiger charge is -2.35. The van der Waals surface area contributed by atoms with Crippen LogP contribution in [0.3, 0.4) is 0 Å². The van der Waals surface area contributed by atoms with Gasteiger partial charge in [0, 0.05) is 17.5 Å².